The molecule has 4 aromatic rings. The topological polar surface area (TPSA) is 94.8 Å². The second-order valence-electron chi connectivity index (χ2n) is 7.79. The van der Waals surface area contributed by atoms with Gasteiger partial charge >= 0.3 is 0 Å². The highest BCUT2D eigenvalue weighted by Gasteiger charge is 2.33. The molecule has 0 radical (unpaired) electrons. The first-order valence-corrected chi connectivity index (χ1v) is 10.3. The van der Waals surface area contributed by atoms with Gasteiger partial charge in [-0.15, -0.1) is 5.10 Å². The molecule has 32 heavy (non-hydrogen) atoms. The Balaban J connectivity index is 1.62. The van der Waals surface area contributed by atoms with Gasteiger partial charge in [0, 0.05) is 23.5 Å². The van der Waals surface area contributed by atoms with Gasteiger partial charge in [0.1, 0.15) is 11.6 Å². The molecular formula is C24H22N6O2. The molecule has 160 valence electrons. The van der Waals surface area contributed by atoms with Gasteiger partial charge in [-0.3, -0.25) is 4.79 Å². The molecule has 1 N–H and O–H groups in total. The standard InChI is InChI=1S/C24H22N6O2/c1-14-7-4-5-10-18(14)19-12-21(31)27-23-22(19)15(2)29-30(23)24-26-20(13-25-28-24)16-8-6-9-17(11-16)32-3/h4-11,13,19H,12H2,1-3H3,(H,27,31)/t19-/m0/s1. The third-order valence-corrected chi connectivity index (χ3v) is 5.77. The van der Waals surface area contributed by atoms with Crippen LogP contribution < -0.4 is 10.1 Å². The number of aryl methyl sites for hydroxylation is 2. The summed E-state index contributed by atoms with van der Waals surface area (Å²) in [5.41, 5.74) is 5.55. The van der Waals surface area contributed by atoms with Gasteiger partial charge in [0.25, 0.3) is 5.95 Å². The van der Waals surface area contributed by atoms with Gasteiger partial charge < -0.3 is 10.1 Å². The Morgan fingerprint density at radius 2 is 1.97 bits per heavy atom. The van der Waals surface area contributed by atoms with Crippen LogP contribution in [-0.2, 0) is 4.79 Å². The summed E-state index contributed by atoms with van der Waals surface area (Å²) in [6, 6.07) is 15.7. The number of nitrogens with zero attached hydrogens (tertiary/aromatic N) is 5. The average Bonchev–Trinajstić information content (AvgIpc) is 3.15. The van der Waals surface area contributed by atoms with Crippen LogP contribution in [0.5, 0.6) is 5.75 Å². The lowest BCUT2D eigenvalue weighted by Crippen LogP contribution is -2.25. The number of ether oxygens (including phenoxy) is 1. The average molecular weight is 426 g/mol. The summed E-state index contributed by atoms with van der Waals surface area (Å²) >= 11 is 0. The summed E-state index contributed by atoms with van der Waals surface area (Å²) in [6.45, 7) is 4.00. The zero-order chi connectivity index (χ0) is 22.2. The maximum atomic E-state index is 12.7. The fourth-order valence-electron chi connectivity index (χ4n) is 4.24. The van der Waals surface area contributed by atoms with Crippen molar-refractivity contribution in [2.45, 2.75) is 26.2 Å². The van der Waals surface area contributed by atoms with E-state index in [9.17, 15) is 4.79 Å². The number of fused-ring (bicyclic) bond motifs is 1. The number of hydrogen-bond acceptors (Lipinski definition) is 6. The van der Waals surface area contributed by atoms with Crippen LogP contribution in [0.2, 0.25) is 0 Å². The van der Waals surface area contributed by atoms with Crippen LogP contribution in [0.15, 0.2) is 54.7 Å². The van der Waals surface area contributed by atoms with Gasteiger partial charge in [-0.2, -0.15) is 14.9 Å². The smallest absolute Gasteiger partial charge is 0.272 e. The molecule has 2 aromatic heterocycles. The molecule has 0 spiro atoms. The lowest BCUT2D eigenvalue weighted by Gasteiger charge is -2.25. The Morgan fingerprint density at radius 3 is 2.78 bits per heavy atom. The second-order valence-corrected chi connectivity index (χ2v) is 7.79. The van der Waals surface area contributed by atoms with Crippen molar-refractivity contribution in [1.82, 2.24) is 25.0 Å². The number of carbonyl (C=O) groups excluding carboxylic acids is 1. The number of methoxy groups -OCH3 is 1. The normalized spacial score (nSPS) is 15.2. The van der Waals surface area contributed by atoms with Gasteiger partial charge in [0.05, 0.1) is 24.7 Å². The quantitative estimate of drug-likeness (QED) is 0.533. The van der Waals surface area contributed by atoms with Gasteiger partial charge in [-0.1, -0.05) is 36.4 Å². The Kier molecular flexibility index (Phi) is 4.89. The molecule has 5 rings (SSSR count). The molecule has 3 heterocycles. The lowest BCUT2D eigenvalue weighted by molar-refractivity contribution is -0.116. The summed E-state index contributed by atoms with van der Waals surface area (Å²) in [5, 5.41) is 16.0. The third kappa shape index (κ3) is 3.39. The Morgan fingerprint density at radius 1 is 1.12 bits per heavy atom. The summed E-state index contributed by atoms with van der Waals surface area (Å²) in [5.74, 6) is 1.47. The molecule has 8 nitrogen and oxygen atoms in total. The number of benzene rings is 2. The highest BCUT2D eigenvalue weighted by atomic mass is 16.5. The summed E-state index contributed by atoms with van der Waals surface area (Å²) < 4.78 is 6.89. The number of carbonyl (C=O) groups is 1. The minimum absolute atomic E-state index is 0.0659. The molecule has 0 fully saturated rings. The van der Waals surface area contributed by atoms with Crippen LogP contribution in [0.3, 0.4) is 0 Å². The van der Waals surface area contributed by atoms with Gasteiger partial charge in [-0.05, 0) is 37.1 Å². The van der Waals surface area contributed by atoms with E-state index in [1.54, 1.807) is 18.0 Å². The second kappa shape index (κ2) is 7.88. The van der Waals surface area contributed by atoms with E-state index < -0.39 is 0 Å². The number of amides is 1. The molecule has 8 heteroatoms. The lowest BCUT2D eigenvalue weighted by atomic mass is 9.84. The van der Waals surface area contributed by atoms with Crippen LogP contribution >= 0.6 is 0 Å². The summed E-state index contributed by atoms with van der Waals surface area (Å²) in [7, 11) is 1.62. The molecule has 0 bridgehead atoms. The highest BCUT2D eigenvalue weighted by Crippen LogP contribution is 2.40. The van der Waals surface area contributed by atoms with Crippen LogP contribution in [0.1, 0.15) is 34.7 Å². The number of rotatable bonds is 4. The van der Waals surface area contributed by atoms with E-state index in [1.807, 2.05) is 43.3 Å². The first-order chi connectivity index (χ1) is 15.5. The predicted molar refractivity (Wildman–Crippen MR) is 120 cm³/mol. The van der Waals surface area contributed by atoms with Crippen LogP contribution in [0.4, 0.5) is 5.82 Å². The van der Waals surface area contributed by atoms with E-state index in [1.165, 1.54) is 0 Å². The summed E-state index contributed by atoms with van der Waals surface area (Å²) in [6.07, 6.45) is 1.96. The number of anilines is 1. The van der Waals surface area contributed by atoms with Crippen molar-refractivity contribution < 1.29 is 9.53 Å². The van der Waals surface area contributed by atoms with Crippen LogP contribution in [0.25, 0.3) is 17.2 Å². The van der Waals surface area contributed by atoms with Gasteiger partial charge in [0.15, 0.2) is 0 Å². The number of nitrogens with one attached hydrogen (secondary N) is 1. The maximum absolute atomic E-state index is 12.7. The van der Waals surface area contributed by atoms with Gasteiger partial charge in [0.2, 0.25) is 5.91 Å². The predicted octanol–water partition coefficient (Wildman–Crippen LogP) is 3.82. The van der Waals surface area contributed by atoms with Crippen LogP contribution in [-0.4, -0.2) is 38.0 Å². The monoisotopic (exact) mass is 426 g/mol. The minimum Gasteiger partial charge on any atom is -0.497 e. The first-order valence-electron chi connectivity index (χ1n) is 10.3. The SMILES string of the molecule is COc1cccc(-c2cnnc(-n3nc(C)c4c3NC(=O)C[C@H]4c3ccccc3C)n2)c1. The Bertz CT molecular complexity index is 1330. The van der Waals surface area contributed by atoms with Crippen molar-refractivity contribution >= 4 is 11.7 Å². The first kappa shape index (κ1) is 19.9. The molecule has 0 aliphatic carbocycles. The molecule has 0 unspecified atom stereocenters. The molecular weight excluding hydrogens is 404 g/mol. The highest BCUT2D eigenvalue weighted by molar-refractivity contribution is 5.95. The molecule has 0 saturated carbocycles. The fraction of sp³-hybridized carbons (Fsp3) is 0.208. The van der Waals surface area contributed by atoms with Crippen molar-refractivity contribution in [3.63, 3.8) is 0 Å². The maximum Gasteiger partial charge on any atom is 0.272 e. The molecule has 0 saturated heterocycles. The van der Waals surface area contributed by atoms with Crippen molar-refractivity contribution in [2.24, 2.45) is 0 Å². The van der Waals surface area contributed by atoms with E-state index in [-0.39, 0.29) is 11.8 Å². The zero-order valence-electron chi connectivity index (χ0n) is 18.0. The molecule has 1 atom stereocenters. The molecule has 2 aromatic carbocycles. The zero-order valence-corrected chi connectivity index (χ0v) is 18.0. The number of aromatic nitrogens is 5. The van der Waals surface area contributed by atoms with Crippen molar-refractivity contribution in [1.29, 1.82) is 0 Å². The van der Waals surface area contributed by atoms with E-state index in [0.717, 1.165) is 33.7 Å². The Hall–Kier alpha value is -4.07. The van der Waals surface area contributed by atoms with Gasteiger partial charge in [-0.25, -0.2) is 4.98 Å². The fourth-order valence-corrected chi connectivity index (χ4v) is 4.24. The van der Waals surface area contributed by atoms with E-state index in [4.69, 9.17) is 4.74 Å². The largest absolute Gasteiger partial charge is 0.497 e. The summed E-state index contributed by atoms with van der Waals surface area (Å²) in [4.78, 5) is 17.3. The Labute approximate surface area is 185 Å². The van der Waals surface area contributed by atoms with Crippen molar-refractivity contribution in [3.8, 4) is 23.0 Å². The minimum atomic E-state index is -0.0803. The molecule has 1 amide bonds. The van der Waals surface area contributed by atoms with Crippen molar-refractivity contribution in [3.05, 3.63) is 77.1 Å². The molecule has 1 aliphatic rings. The van der Waals surface area contributed by atoms with E-state index in [0.29, 0.717) is 23.9 Å². The third-order valence-electron chi connectivity index (χ3n) is 5.77. The number of hydrogen-bond donors (Lipinski definition) is 1. The van der Waals surface area contributed by atoms with Crippen LogP contribution in [0, 0.1) is 13.8 Å². The molecule has 1 aliphatic heterocycles. The van der Waals surface area contributed by atoms with E-state index >= 15 is 0 Å². The van der Waals surface area contributed by atoms with Crippen molar-refractivity contribution in [2.75, 3.05) is 12.4 Å². The van der Waals surface area contributed by atoms with E-state index in [2.05, 4.69) is 44.7 Å².